The van der Waals surface area contributed by atoms with Gasteiger partial charge in [-0.15, -0.1) is 11.3 Å². The van der Waals surface area contributed by atoms with E-state index in [1.165, 1.54) is 22.5 Å². The molecular weight excluding hydrogens is 294 g/mol. The van der Waals surface area contributed by atoms with Gasteiger partial charge in [-0.3, -0.25) is 4.79 Å². The summed E-state index contributed by atoms with van der Waals surface area (Å²) >= 11 is 1.46. The molecule has 0 saturated heterocycles. The van der Waals surface area contributed by atoms with Gasteiger partial charge in [0.1, 0.15) is 0 Å². The van der Waals surface area contributed by atoms with Gasteiger partial charge in [-0.05, 0) is 42.7 Å². The molecule has 0 saturated carbocycles. The van der Waals surface area contributed by atoms with Crippen LogP contribution in [-0.4, -0.2) is 17.4 Å². The predicted molar refractivity (Wildman–Crippen MR) is 90.0 cm³/mol. The number of hydrogen-bond acceptors (Lipinski definition) is 4. The minimum atomic E-state index is 0.152. The van der Waals surface area contributed by atoms with Gasteiger partial charge in [-0.25, -0.2) is 4.98 Å². The van der Waals surface area contributed by atoms with Crippen molar-refractivity contribution in [1.82, 2.24) is 10.3 Å². The minimum absolute atomic E-state index is 0.152. The number of benzene rings is 1. The molecule has 3 rings (SSSR count). The zero-order valence-corrected chi connectivity index (χ0v) is 13.4. The van der Waals surface area contributed by atoms with Gasteiger partial charge < -0.3 is 11.1 Å². The summed E-state index contributed by atoms with van der Waals surface area (Å²) in [5, 5.41) is 5.61. The normalized spacial score (nSPS) is 16.5. The lowest BCUT2D eigenvalue weighted by Gasteiger charge is -2.11. The van der Waals surface area contributed by atoms with E-state index in [0.717, 1.165) is 31.4 Å². The first kappa shape index (κ1) is 15.0. The predicted octanol–water partition coefficient (Wildman–Crippen LogP) is 2.89. The average Bonchev–Trinajstić information content (AvgIpc) is 3.11. The fraction of sp³-hybridized carbons (Fsp3) is 0.412. The Morgan fingerprint density at radius 2 is 2.27 bits per heavy atom. The van der Waals surface area contributed by atoms with Crippen molar-refractivity contribution in [2.24, 2.45) is 0 Å². The third kappa shape index (κ3) is 3.65. The summed E-state index contributed by atoms with van der Waals surface area (Å²) in [7, 11) is 0. The number of carbonyl (C=O) groups is 1. The van der Waals surface area contributed by atoms with E-state index < -0.39 is 0 Å². The first-order valence-corrected chi connectivity index (χ1v) is 8.64. The summed E-state index contributed by atoms with van der Waals surface area (Å²) in [6.07, 6.45) is 4.54. The molecule has 0 unspecified atom stereocenters. The maximum atomic E-state index is 12.1. The van der Waals surface area contributed by atoms with E-state index in [-0.39, 0.29) is 5.91 Å². The summed E-state index contributed by atoms with van der Waals surface area (Å²) in [5.74, 6) is 0.536. The Labute approximate surface area is 134 Å². The molecule has 1 heterocycles. The number of nitrogens with zero attached hydrogens (tertiary/aromatic N) is 1. The van der Waals surface area contributed by atoms with E-state index >= 15 is 0 Å². The van der Waals surface area contributed by atoms with E-state index in [4.69, 9.17) is 5.73 Å². The lowest BCUT2D eigenvalue weighted by molar-refractivity contribution is -0.121. The zero-order valence-electron chi connectivity index (χ0n) is 12.5. The Balaban J connectivity index is 1.40. The molecule has 0 bridgehead atoms. The molecule has 0 spiro atoms. The number of hydrogen-bond donors (Lipinski definition) is 2. The second-order valence-electron chi connectivity index (χ2n) is 5.77. The van der Waals surface area contributed by atoms with Crippen LogP contribution in [0.2, 0.25) is 0 Å². The van der Waals surface area contributed by atoms with Gasteiger partial charge in [0.25, 0.3) is 0 Å². The number of thiazole rings is 1. The molecule has 22 heavy (non-hydrogen) atoms. The first-order valence-electron chi connectivity index (χ1n) is 7.77. The molecule has 3 N–H and O–H groups in total. The molecule has 1 aliphatic rings. The Morgan fingerprint density at radius 1 is 1.41 bits per heavy atom. The van der Waals surface area contributed by atoms with E-state index in [1.807, 2.05) is 5.38 Å². The first-order chi connectivity index (χ1) is 10.7. The smallest absolute Gasteiger partial charge is 0.220 e. The lowest BCUT2D eigenvalue weighted by atomic mass is 9.97. The van der Waals surface area contributed by atoms with E-state index in [2.05, 4.69) is 34.6 Å². The quantitative estimate of drug-likeness (QED) is 0.805. The molecule has 1 aromatic heterocycles. The molecule has 5 heteroatoms. The Hall–Kier alpha value is -1.88. The number of rotatable bonds is 6. The summed E-state index contributed by atoms with van der Waals surface area (Å²) in [6, 6.07) is 8.47. The van der Waals surface area contributed by atoms with Crippen molar-refractivity contribution in [3.63, 3.8) is 0 Å². The Kier molecular flexibility index (Phi) is 4.73. The van der Waals surface area contributed by atoms with Crippen LogP contribution in [0.4, 0.5) is 5.13 Å². The molecule has 1 atom stereocenters. The Bertz CT molecular complexity index is 653. The van der Waals surface area contributed by atoms with Crippen LogP contribution in [0.5, 0.6) is 0 Å². The van der Waals surface area contributed by atoms with Gasteiger partial charge >= 0.3 is 0 Å². The van der Waals surface area contributed by atoms with Crippen LogP contribution < -0.4 is 11.1 Å². The number of nitrogens with one attached hydrogen (secondary N) is 1. The molecule has 2 aromatic rings. The molecule has 0 aliphatic heterocycles. The monoisotopic (exact) mass is 315 g/mol. The Morgan fingerprint density at radius 3 is 3.09 bits per heavy atom. The van der Waals surface area contributed by atoms with Crippen molar-refractivity contribution in [2.45, 2.75) is 38.0 Å². The standard InChI is InChI=1S/C17H21N3OS/c18-17-20-14(11-22-17)5-3-9-19-16(21)10-13-8-7-12-4-1-2-6-15(12)13/h1-2,4,6,11,13H,3,5,7-10H2,(H2,18,20)(H,19,21)/t13-/m0/s1. The molecule has 0 fully saturated rings. The number of nitrogen functional groups attached to an aromatic ring is 1. The number of aryl methyl sites for hydroxylation is 2. The van der Waals surface area contributed by atoms with Gasteiger partial charge in [0.05, 0.1) is 5.69 Å². The third-order valence-corrected chi connectivity index (χ3v) is 4.91. The number of fused-ring (bicyclic) bond motifs is 1. The fourth-order valence-corrected chi connectivity index (χ4v) is 3.69. The molecule has 4 nitrogen and oxygen atoms in total. The number of nitrogens with two attached hydrogens (primary N) is 1. The summed E-state index contributed by atoms with van der Waals surface area (Å²) in [4.78, 5) is 16.3. The number of aromatic nitrogens is 1. The van der Waals surface area contributed by atoms with Crippen LogP contribution in [0.3, 0.4) is 0 Å². The van der Waals surface area contributed by atoms with Crippen molar-refractivity contribution in [3.8, 4) is 0 Å². The van der Waals surface area contributed by atoms with Gasteiger partial charge in [-0.1, -0.05) is 24.3 Å². The highest BCUT2D eigenvalue weighted by atomic mass is 32.1. The van der Waals surface area contributed by atoms with Crippen molar-refractivity contribution >= 4 is 22.4 Å². The number of anilines is 1. The second-order valence-corrected chi connectivity index (χ2v) is 6.66. The van der Waals surface area contributed by atoms with Crippen LogP contribution in [-0.2, 0) is 17.6 Å². The minimum Gasteiger partial charge on any atom is -0.375 e. The molecule has 1 aromatic carbocycles. The summed E-state index contributed by atoms with van der Waals surface area (Å²) in [5.41, 5.74) is 9.38. The highest BCUT2D eigenvalue weighted by Gasteiger charge is 2.23. The molecule has 1 amide bonds. The van der Waals surface area contributed by atoms with Crippen molar-refractivity contribution in [3.05, 3.63) is 46.5 Å². The average molecular weight is 315 g/mol. The van der Waals surface area contributed by atoms with Gasteiger partial charge in [0.15, 0.2) is 5.13 Å². The van der Waals surface area contributed by atoms with Gasteiger partial charge in [-0.2, -0.15) is 0 Å². The van der Waals surface area contributed by atoms with E-state index in [1.54, 1.807) is 0 Å². The lowest BCUT2D eigenvalue weighted by Crippen LogP contribution is -2.26. The molecular formula is C17H21N3OS. The number of amides is 1. The van der Waals surface area contributed by atoms with Crippen molar-refractivity contribution in [2.75, 3.05) is 12.3 Å². The van der Waals surface area contributed by atoms with Crippen LogP contribution in [0, 0.1) is 0 Å². The second kappa shape index (κ2) is 6.92. The van der Waals surface area contributed by atoms with Crippen LogP contribution in [0.25, 0.3) is 0 Å². The highest BCUT2D eigenvalue weighted by Crippen LogP contribution is 2.34. The maximum Gasteiger partial charge on any atom is 0.220 e. The fourth-order valence-electron chi connectivity index (χ4n) is 3.09. The summed E-state index contributed by atoms with van der Waals surface area (Å²) < 4.78 is 0. The van der Waals surface area contributed by atoms with Crippen molar-refractivity contribution < 1.29 is 4.79 Å². The van der Waals surface area contributed by atoms with Crippen LogP contribution in [0.1, 0.15) is 42.0 Å². The summed E-state index contributed by atoms with van der Waals surface area (Å²) in [6.45, 7) is 0.699. The maximum absolute atomic E-state index is 12.1. The largest absolute Gasteiger partial charge is 0.375 e. The number of carbonyl (C=O) groups excluding carboxylic acids is 1. The molecule has 1 aliphatic carbocycles. The van der Waals surface area contributed by atoms with Crippen molar-refractivity contribution in [1.29, 1.82) is 0 Å². The van der Waals surface area contributed by atoms with Crippen LogP contribution >= 0.6 is 11.3 Å². The topological polar surface area (TPSA) is 68.0 Å². The van der Waals surface area contributed by atoms with Gasteiger partial charge in [0, 0.05) is 18.3 Å². The molecule has 0 radical (unpaired) electrons. The van der Waals surface area contributed by atoms with E-state index in [0.29, 0.717) is 24.0 Å². The zero-order chi connectivity index (χ0) is 15.4. The SMILES string of the molecule is Nc1nc(CCCNC(=O)C[C@@H]2CCc3ccccc32)cs1. The molecule has 116 valence electrons. The van der Waals surface area contributed by atoms with Crippen LogP contribution in [0.15, 0.2) is 29.6 Å². The third-order valence-electron chi connectivity index (χ3n) is 4.19. The highest BCUT2D eigenvalue weighted by molar-refractivity contribution is 7.13. The van der Waals surface area contributed by atoms with E-state index in [9.17, 15) is 4.79 Å². The van der Waals surface area contributed by atoms with Gasteiger partial charge in [0.2, 0.25) is 5.91 Å².